The summed E-state index contributed by atoms with van der Waals surface area (Å²) in [4.78, 5) is 4.34. The Morgan fingerprint density at radius 2 is 2.25 bits per heavy atom. The Balaban J connectivity index is 1.94. The molecule has 1 fully saturated rings. The molecule has 0 spiro atoms. The lowest BCUT2D eigenvalue weighted by Crippen LogP contribution is -2.20. The van der Waals surface area contributed by atoms with Crippen LogP contribution in [0.25, 0.3) is 0 Å². The highest BCUT2D eigenvalue weighted by Crippen LogP contribution is 2.47. The Hall–Kier alpha value is -1.35. The van der Waals surface area contributed by atoms with E-state index in [4.69, 9.17) is 10.5 Å². The highest BCUT2D eigenvalue weighted by atomic mass is 16.5. The van der Waals surface area contributed by atoms with Gasteiger partial charge in [0.1, 0.15) is 6.61 Å². The number of aliphatic imine (C=N–C) groups is 1. The molecule has 1 aliphatic carbocycles. The van der Waals surface area contributed by atoms with E-state index in [1.165, 1.54) is 18.4 Å². The van der Waals surface area contributed by atoms with Gasteiger partial charge in [-0.15, -0.1) is 0 Å². The fourth-order valence-corrected chi connectivity index (χ4v) is 2.25. The molecule has 1 aliphatic heterocycles. The van der Waals surface area contributed by atoms with Crippen LogP contribution in [-0.4, -0.2) is 25.6 Å². The first-order valence-corrected chi connectivity index (χ1v) is 5.82. The summed E-state index contributed by atoms with van der Waals surface area (Å²) >= 11 is 0. The minimum Gasteiger partial charge on any atom is -0.476 e. The van der Waals surface area contributed by atoms with Crippen LogP contribution in [0.4, 0.5) is 0 Å². The Bertz CT molecular complexity index is 435. The van der Waals surface area contributed by atoms with Crippen LogP contribution in [0, 0.1) is 0 Å². The van der Waals surface area contributed by atoms with E-state index in [1.807, 2.05) is 0 Å². The number of nitrogens with two attached hydrogens (primary N) is 1. The summed E-state index contributed by atoms with van der Waals surface area (Å²) in [6, 6.07) is 8.48. The molecule has 16 heavy (non-hydrogen) atoms. The summed E-state index contributed by atoms with van der Waals surface area (Å²) in [6.45, 7) is 2.23. The van der Waals surface area contributed by atoms with Crippen molar-refractivity contribution in [2.24, 2.45) is 10.7 Å². The molecule has 2 aliphatic rings. The third-order valence-electron chi connectivity index (χ3n) is 3.55. The standard InChI is InChI=1S/C13H16N2O/c14-9-13(4-5-13)11-3-1-2-10(8-11)12-15-6-7-16-12/h1-3,8H,4-7,9,14H2. The number of benzene rings is 1. The predicted molar refractivity (Wildman–Crippen MR) is 63.8 cm³/mol. The second kappa shape index (κ2) is 3.59. The first-order chi connectivity index (χ1) is 7.84. The molecule has 0 atom stereocenters. The van der Waals surface area contributed by atoms with E-state index in [1.54, 1.807) is 0 Å². The summed E-state index contributed by atoms with van der Waals surface area (Å²) in [6.07, 6.45) is 2.42. The maximum atomic E-state index is 5.84. The maximum Gasteiger partial charge on any atom is 0.216 e. The zero-order valence-corrected chi connectivity index (χ0v) is 9.28. The molecule has 0 amide bonds. The zero-order chi connectivity index (χ0) is 11.0. The second-order valence-corrected chi connectivity index (χ2v) is 4.60. The summed E-state index contributed by atoms with van der Waals surface area (Å²) in [5, 5.41) is 0. The van der Waals surface area contributed by atoms with Gasteiger partial charge in [0.2, 0.25) is 5.90 Å². The van der Waals surface area contributed by atoms with E-state index in [0.717, 1.165) is 24.6 Å². The summed E-state index contributed by atoms with van der Waals surface area (Å²) in [5.41, 5.74) is 8.52. The van der Waals surface area contributed by atoms with Crippen molar-refractivity contribution >= 4 is 5.90 Å². The van der Waals surface area contributed by atoms with E-state index < -0.39 is 0 Å². The van der Waals surface area contributed by atoms with E-state index in [-0.39, 0.29) is 5.41 Å². The highest BCUT2D eigenvalue weighted by molar-refractivity contribution is 5.95. The summed E-state index contributed by atoms with van der Waals surface area (Å²) in [7, 11) is 0. The van der Waals surface area contributed by atoms with Crippen LogP contribution in [0.15, 0.2) is 29.3 Å². The first kappa shape index (κ1) is 9.85. The van der Waals surface area contributed by atoms with Crippen molar-refractivity contribution in [1.29, 1.82) is 0 Å². The zero-order valence-electron chi connectivity index (χ0n) is 9.28. The normalized spacial score (nSPS) is 21.4. The molecule has 0 radical (unpaired) electrons. The number of nitrogens with zero attached hydrogens (tertiary/aromatic N) is 1. The molecule has 0 aromatic heterocycles. The third-order valence-corrected chi connectivity index (χ3v) is 3.55. The number of hydrogen-bond acceptors (Lipinski definition) is 3. The smallest absolute Gasteiger partial charge is 0.216 e. The van der Waals surface area contributed by atoms with Crippen molar-refractivity contribution in [3.05, 3.63) is 35.4 Å². The van der Waals surface area contributed by atoms with Gasteiger partial charge in [-0.05, 0) is 30.5 Å². The molecular weight excluding hydrogens is 200 g/mol. The van der Waals surface area contributed by atoms with Crippen LogP contribution < -0.4 is 5.73 Å². The van der Waals surface area contributed by atoms with Gasteiger partial charge in [0, 0.05) is 17.5 Å². The van der Waals surface area contributed by atoms with Gasteiger partial charge >= 0.3 is 0 Å². The molecule has 0 saturated heterocycles. The van der Waals surface area contributed by atoms with Crippen LogP contribution in [-0.2, 0) is 10.2 Å². The van der Waals surface area contributed by atoms with Crippen molar-refractivity contribution < 1.29 is 4.74 Å². The van der Waals surface area contributed by atoms with Gasteiger partial charge < -0.3 is 10.5 Å². The predicted octanol–water partition coefficient (Wildman–Crippen LogP) is 1.45. The number of hydrogen-bond donors (Lipinski definition) is 1. The van der Waals surface area contributed by atoms with E-state index in [9.17, 15) is 0 Å². The van der Waals surface area contributed by atoms with Crippen molar-refractivity contribution in [2.75, 3.05) is 19.7 Å². The Labute approximate surface area is 95.3 Å². The van der Waals surface area contributed by atoms with Gasteiger partial charge in [-0.2, -0.15) is 0 Å². The molecule has 3 rings (SSSR count). The third kappa shape index (κ3) is 1.52. The topological polar surface area (TPSA) is 47.6 Å². The van der Waals surface area contributed by atoms with Gasteiger partial charge in [-0.1, -0.05) is 12.1 Å². The SMILES string of the molecule is NCC1(c2cccc(C3=NCCO3)c2)CC1. The van der Waals surface area contributed by atoms with Crippen molar-refractivity contribution in [3.8, 4) is 0 Å². The van der Waals surface area contributed by atoms with Gasteiger partial charge in [0.15, 0.2) is 0 Å². The molecule has 2 N–H and O–H groups in total. The van der Waals surface area contributed by atoms with Crippen LogP contribution in [0.3, 0.4) is 0 Å². The van der Waals surface area contributed by atoms with Gasteiger partial charge in [-0.25, -0.2) is 4.99 Å². The molecule has 0 bridgehead atoms. The Morgan fingerprint density at radius 1 is 1.38 bits per heavy atom. The summed E-state index contributed by atoms with van der Waals surface area (Å²) in [5.74, 6) is 0.787. The van der Waals surface area contributed by atoms with E-state index >= 15 is 0 Å². The highest BCUT2D eigenvalue weighted by Gasteiger charge is 2.42. The maximum absolute atomic E-state index is 5.84. The number of rotatable bonds is 3. The largest absolute Gasteiger partial charge is 0.476 e. The molecular formula is C13H16N2O. The second-order valence-electron chi connectivity index (χ2n) is 4.60. The lowest BCUT2D eigenvalue weighted by atomic mass is 9.94. The Kier molecular flexibility index (Phi) is 2.21. The monoisotopic (exact) mass is 216 g/mol. The van der Waals surface area contributed by atoms with Crippen molar-refractivity contribution in [1.82, 2.24) is 0 Å². The van der Waals surface area contributed by atoms with E-state index in [2.05, 4.69) is 29.3 Å². The number of ether oxygens (including phenoxy) is 1. The van der Waals surface area contributed by atoms with Crippen LogP contribution in [0.2, 0.25) is 0 Å². The van der Waals surface area contributed by atoms with Crippen LogP contribution in [0.5, 0.6) is 0 Å². The molecule has 3 heteroatoms. The molecule has 3 nitrogen and oxygen atoms in total. The van der Waals surface area contributed by atoms with Gasteiger partial charge in [-0.3, -0.25) is 0 Å². The fourth-order valence-electron chi connectivity index (χ4n) is 2.25. The molecule has 1 heterocycles. The first-order valence-electron chi connectivity index (χ1n) is 5.82. The van der Waals surface area contributed by atoms with Gasteiger partial charge in [0.05, 0.1) is 6.54 Å². The molecule has 1 saturated carbocycles. The molecule has 1 aromatic rings. The van der Waals surface area contributed by atoms with Crippen LogP contribution >= 0.6 is 0 Å². The average Bonchev–Trinajstić information content (AvgIpc) is 2.95. The van der Waals surface area contributed by atoms with Crippen molar-refractivity contribution in [3.63, 3.8) is 0 Å². The molecule has 84 valence electrons. The lowest BCUT2D eigenvalue weighted by molar-refractivity contribution is 0.348. The van der Waals surface area contributed by atoms with Crippen molar-refractivity contribution in [2.45, 2.75) is 18.3 Å². The minimum atomic E-state index is 0.245. The fraction of sp³-hybridized carbons (Fsp3) is 0.462. The van der Waals surface area contributed by atoms with Gasteiger partial charge in [0.25, 0.3) is 0 Å². The van der Waals surface area contributed by atoms with Crippen LogP contribution in [0.1, 0.15) is 24.0 Å². The summed E-state index contributed by atoms with van der Waals surface area (Å²) < 4.78 is 5.48. The molecule has 1 aromatic carbocycles. The quantitative estimate of drug-likeness (QED) is 0.831. The average molecular weight is 216 g/mol. The lowest BCUT2D eigenvalue weighted by Gasteiger charge is -2.13. The Morgan fingerprint density at radius 3 is 2.88 bits per heavy atom. The minimum absolute atomic E-state index is 0.245. The molecule has 0 unspecified atom stereocenters. The van der Waals surface area contributed by atoms with E-state index in [0.29, 0.717) is 6.61 Å².